The molecule has 292 valence electrons. The number of para-hydroxylation sites is 3. The summed E-state index contributed by atoms with van der Waals surface area (Å²) in [4.78, 5) is 16.2. The van der Waals surface area contributed by atoms with Gasteiger partial charge in [0, 0.05) is 33.0 Å². The van der Waals surface area contributed by atoms with Crippen LogP contribution < -0.4 is 0 Å². The van der Waals surface area contributed by atoms with Gasteiger partial charge < -0.3 is 4.57 Å². The predicted octanol–water partition coefficient (Wildman–Crippen LogP) is 14.6. The number of hydrogen-bond donors (Lipinski definition) is 0. The molecule has 0 aliphatic heterocycles. The van der Waals surface area contributed by atoms with Crippen LogP contribution >= 0.6 is 0 Å². The highest BCUT2D eigenvalue weighted by Gasteiger charge is 2.21. The summed E-state index contributed by atoms with van der Waals surface area (Å²) in [6.45, 7) is 2.74. The number of nitrogens with zero attached hydrogens (tertiary/aromatic N) is 4. The molecule has 4 heteroatoms. The van der Waals surface area contributed by atoms with Crippen molar-refractivity contribution in [1.82, 2.24) is 9.55 Å². The summed E-state index contributed by atoms with van der Waals surface area (Å²) in [6.07, 6.45) is 1.75. The quantitative estimate of drug-likeness (QED) is 0.101. The first-order chi connectivity index (χ1) is 30.2. The van der Waals surface area contributed by atoms with Gasteiger partial charge in [-0.3, -0.25) is 4.99 Å². The maximum Gasteiger partial charge on any atom is 0.155 e. The van der Waals surface area contributed by atoms with Crippen molar-refractivity contribution >= 4 is 44.3 Å². The molecule has 10 aromatic rings. The van der Waals surface area contributed by atoms with Crippen molar-refractivity contribution in [1.29, 1.82) is 0 Å². The summed E-state index contributed by atoms with van der Waals surface area (Å²) >= 11 is 0. The Kier molecular flexibility index (Phi) is 10.4. The summed E-state index contributed by atoms with van der Waals surface area (Å²) in [6, 6.07) is 75.1. The molecule has 10 rings (SSSR count). The Morgan fingerprint density at radius 3 is 1.74 bits per heavy atom. The van der Waals surface area contributed by atoms with Gasteiger partial charge in [0.25, 0.3) is 0 Å². The highest BCUT2D eigenvalue weighted by Crippen LogP contribution is 2.41. The molecule has 0 atom stereocenters. The van der Waals surface area contributed by atoms with Gasteiger partial charge >= 0.3 is 0 Å². The van der Waals surface area contributed by atoms with E-state index in [-0.39, 0.29) is 0 Å². The standard InChI is InChI=1S/C57H44N4/c1-2-19-51(47-37-45(41-22-9-4-10-23-41)36-46(38-47)42-24-11-5-12-25-42)60-57(58-39-40-20-7-3-8-21-40)44-34-32-43(33-35-44)55-54-50-29-16-18-31-53(50)61(48-26-13-6-14-27-48)56(54)49-28-15-17-30-52(49)59-55/h3-18,20-38H,2,19,39H2,1H3. The van der Waals surface area contributed by atoms with Crippen LogP contribution in [0.4, 0.5) is 0 Å². The fourth-order valence-corrected chi connectivity index (χ4v) is 8.47. The Morgan fingerprint density at radius 1 is 0.508 bits per heavy atom. The van der Waals surface area contributed by atoms with Gasteiger partial charge in [0.15, 0.2) is 5.84 Å². The molecule has 0 aliphatic rings. The zero-order valence-electron chi connectivity index (χ0n) is 34.1. The zero-order chi connectivity index (χ0) is 41.0. The second-order valence-corrected chi connectivity index (χ2v) is 15.4. The monoisotopic (exact) mass is 784 g/mol. The molecule has 0 saturated carbocycles. The minimum atomic E-state index is 0.520. The summed E-state index contributed by atoms with van der Waals surface area (Å²) in [5, 5.41) is 3.43. The first-order valence-corrected chi connectivity index (χ1v) is 21.1. The second kappa shape index (κ2) is 16.9. The first kappa shape index (κ1) is 37.6. The third-order valence-electron chi connectivity index (χ3n) is 11.4. The van der Waals surface area contributed by atoms with Crippen molar-refractivity contribution in [3.8, 4) is 39.2 Å². The number of benzene rings is 8. The molecule has 0 unspecified atom stereocenters. The number of aliphatic imine (C=N–C) groups is 2. The van der Waals surface area contributed by atoms with Crippen molar-refractivity contribution in [3.05, 3.63) is 229 Å². The largest absolute Gasteiger partial charge is 0.308 e. The molecule has 0 amide bonds. The molecule has 0 spiro atoms. The van der Waals surface area contributed by atoms with Crippen LogP contribution in [-0.4, -0.2) is 21.1 Å². The zero-order valence-corrected chi connectivity index (χ0v) is 34.1. The third-order valence-corrected chi connectivity index (χ3v) is 11.4. The van der Waals surface area contributed by atoms with E-state index in [4.69, 9.17) is 15.0 Å². The molecular formula is C57H44N4. The van der Waals surface area contributed by atoms with Gasteiger partial charge in [-0.05, 0) is 82.3 Å². The minimum absolute atomic E-state index is 0.520. The van der Waals surface area contributed by atoms with E-state index in [9.17, 15) is 0 Å². The predicted molar refractivity (Wildman–Crippen MR) is 257 cm³/mol. The Balaban J connectivity index is 1.13. The lowest BCUT2D eigenvalue weighted by Crippen LogP contribution is -2.08. The lowest BCUT2D eigenvalue weighted by atomic mass is 9.93. The van der Waals surface area contributed by atoms with Gasteiger partial charge in [-0.1, -0.05) is 183 Å². The van der Waals surface area contributed by atoms with Gasteiger partial charge in [0.1, 0.15) is 0 Å². The molecule has 8 aromatic carbocycles. The molecule has 2 heterocycles. The Hall–Kier alpha value is -7.69. The van der Waals surface area contributed by atoms with Crippen molar-refractivity contribution in [2.24, 2.45) is 9.98 Å². The van der Waals surface area contributed by atoms with Gasteiger partial charge in [-0.15, -0.1) is 0 Å². The molecule has 61 heavy (non-hydrogen) atoms. The fourth-order valence-electron chi connectivity index (χ4n) is 8.47. The van der Waals surface area contributed by atoms with E-state index in [1.54, 1.807) is 0 Å². The van der Waals surface area contributed by atoms with Gasteiger partial charge in [0.2, 0.25) is 0 Å². The lowest BCUT2D eigenvalue weighted by molar-refractivity contribution is 0.992. The van der Waals surface area contributed by atoms with Crippen molar-refractivity contribution in [2.45, 2.75) is 26.3 Å². The average molecular weight is 785 g/mol. The highest BCUT2D eigenvalue weighted by molar-refractivity contribution is 6.22. The van der Waals surface area contributed by atoms with Crippen molar-refractivity contribution in [2.75, 3.05) is 0 Å². The first-order valence-electron chi connectivity index (χ1n) is 21.1. The topological polar surface area (TPSA) is 42.5 Å². The lowest BCUT2D eigenvalue weighted by Gasteiger charge is -2.14. The maximum atomic E-state index is 5.51. The van der Waals surface area contributed by atoms with E-state index < -0.39 is 0 Å². The summed E-state index contributed by atoms with van der Waals surface area (Å²) in [5.41, 5.74) is 15.3. The van der Waals surface area contributed by atoms with Crippen LogP contribution in [0.5, 0.6) is 0 Å². The Bertz CT molecular complexity index is 3130. The molecule has 4 nitrogen and oxygen atoms in total. The van der Waals surface area contributed by atoms with Crippen LogP contribution in [-0.2, 0) is 6.54 Å². The number of amidine groups is 1. The molecular weight excluding hydrogens is 741 g/mol. The number of hydrogen-bond acceptors (Lipinski definition) is 2. The van der Waals surface area contributed by atoms with Crippen LogP contribution in [0.1, 0.15) is 36.5 Å². The minimum Gasteiger partial charge on any atom is -0.308 e. The summed E-state index contributed by atoms with van der Waals surface area (Å²) < 4.78 is 2.39. The number of rotatable bonds is 10. The van der Waals surface area contributed by atoms with Crippen LogP contribution in [0.2, 0.25) is 0 Å². The average Bonchev–Trinajstić information content (AvgIpc) is 3.69. The third kappa shape index (κ3) is 7.56. The van der Waals surface area contributed by atoms with Crippen LogP contribution in [0.15, 0.2) is 222 Å². The van der Waals surface area contributed by atoms with Crippen molar-refractivity contribution in [3.63, 3.8) is 0 Å². The summed E-state index contributed by atoms with van der Waals surface area (Å²) in [7, 11) is 0. The van der Waals surface area contributed by atoms with E-state index in [1.807, 2.05) is 6.07 Å². The van der Waals surface area contributed by atoms with Gasteiger partial charge in [-0.25, -0.2) is 9.98 Å². The molecule has 2 aromatic heterocycles. The molecule has 0 bridgehead atoms. The van der Waals surface area contributed by atoms with E-state index >= 15 is 0 Å². The van der Waals surface area contributed by atoms with Crippen LogP contribution in [0.25, 0.3) is 71.9 Å². The normalized spacial score (nSPS) is 12.1. The summed E-state index contributed by atoms with van der Waals surface area (Å²) in [5.74, 6) is 0.711. The molecule has 0 saturated heterocycles. The smallest absolute Gasteiger partial charge is 0.155 e. The number of aromatic nitrogens is 2. The van der Waals surface area contributed by atoms with Gasteiger partial charge in [0.05, 0.1) is 34.5 Å². The SMILES string of the molecule is CCCC(=NC(=NCc1ccccc1)c1ccc(-c2nc3ccccc3c3c2c2ccccc2n3-c2ccccc2)cc1)c1cc(-c2ccccc2)cc(-c2ccccc2)c1. The van der Waals surface area contributed by atoms with E-state index in [2.05, 4.69) is 218 Å². The number of fused-ring (bicyclic) bond motifs is 5. The van der Waals surface area contributed by atoms with E-state index in [0.29, 0.717) is 12.4 Å². The molecule has 0 N–H and O–H groups in total. The highest BCUT2D eigenvalue weighted by atomic mass is 15.0. The Labute approximate surface area is 356 Å². The second-order valence-electron chi connectivity index (χ2n) is 15.4. The fraction of sp³-hybridized carbons (Fsp3) is 0.0702. The van der Waals surface area contributed by atoms with E-state index in [1.165, 1.54) is 16.5 Å². The number of pyridine rings is 1. The van der Waals surface area contributed by atoms with E-state index in [0.717, 1.165) is 90.6 Å². The van der Waals surface area contributed by atoms with Crippen LogP contribution in [0.3, 0.4) is 0 Å². The Morgan fingerprint density at radius 2 is 1.08 bits per heavy atom. The molecule has 0 aliphatic carbocycles. The van der Waals surface area contributed by atoms with Crippen molar-refractivity contribution < 1.29 is 0 Å². The maximum absolute atomic E-state index is 5.51. The molecule has 0 radical (unpaired) electrons. The van der Waals surface area contributed by atoms with Gasteiger partial charge in [-0.2, -0.15) is 0 Å². The van der Waals surface area contributed by atoms with Crippen LogP contribution in [0, 0.1) is 0 Å². The molecule has 0 fully saturated rings.